The molecule has 0 saturated heterocycles. The van der Waals surface area contributed by atoms with Crippen LogP contribution in [0, 0.1) is 12.0 Å². The van der Waals surface area contributed by atoms with Crippen LogP contribution in [-0.2, 0) is 29.0 Å². The van der Waals surface area contributed by atoms with E-state index in [1.807, 2.05) is 36.4 Å². The first-order valence-electron chi connectivity index (χ1n) is 20.1. The summed E-state index contributed by atoms with van der Waals surface area (Å²) in [6, 6.07) is 24.3. The molecule has 2 heterocycles. The Morgan fingerprint density at radius 2 is 1.72 bits per heavy atom. The van der Waals surface area contributed by atoms with Gasteiger partial charge in [-0.1, -0.05) is 87.8 Å². The lowest BCUT2D eigenvalue weighted by Crippen LogP contribution is -2.17. The number of hydrogen-bond acceptors (Lipinski definition) is 7. The number of nitrogens with one attached hydrogen (secondary N) is 1. The van der Waals surface area contributed by atoms with Crippen molar-refractivity contribution in [2.24, 2.45) is 0 Å². The van der Waals surface area contributed by atoms with Crippen molar-refractivity contribution in [2.45, 2.75) is 128 Å². The molecule has 6 bridgehead atoms. The zero-order valence-corrected chi connectivity index (χ0v) is 32.5. The molecular formula is C47H59NO6. The summed E-state index contributed by atoms with van der Waals surface area (Å²) in [5, 5.41) is 26.1. The SMILES string of the molecule is CCCCCC1C#COC(CCCCCCCc2cccc(NCC(C)O)c2)CC(=O)CCc2ccc(OC)c(c2)OCc2ccc3c1c(O)ccc3c2. The van der Waals surface area contributed by atoms with Crippen LogP contribution < -0.4 is 14.8 Å². The van der Waals surface area contributed by atoms with Gasteiger partial charge in [0.15, 0.2) is 11.5 Å². The number of ether oxygens (including phenoxy) is 3. The van der Waals surface area contributed by atoms with Crippen LogP contribution in [0.25, 0.3) is 10.8 Å². The van der Waals surface area contributed by atoms with Crippen molar-refractivity contribution in [3.8, 4) is 29.3 Å². The highest BCUT2D eigenvalue weighted by Gasteiger charge is 2.20. The molecule has 7 nitrogen and oxygen atoms in total. The van der Waals surface area contributed by atoms with Crippen molar-refractivity contribution in [3.05, 3.63) is 95.1 Å². The van der Waals surface area contributed by atoms with E-state index in [1.165, 1.54) is 5.56 Å². The van der Waals surface area contributed by atoms with Crippen molar-refractivity contribution in [2.75, 3.05) is 19.0 Å². The topological polar surface area (TPSA) is 97.2 Å². The van der Waals surface area contributed by atoms with Gasteiger partial charge in [0.05, 0.1) is 19.1 Å². The van der Waals surface area contributed by atoms with Gasteiger partial charge in [0.1, 0.15) is 30.4 Å². The Bertz CT molecular complexity index is 1860. The van der Waals surface area contributed by atoms with Gasteiger partial charge < -0.3 is 29.7 Å². The summed E-state index contributed by atoms with van der Waals surface area (Å²) >= 11 is 0. The third-order valence-corrected chi connectivity index (χ3v) is 10.3. The molecule has 0 fully saturated rings. The largest absolute Gasteiger partial charge is 0.508 e. The Hall–Kier alpha value is -4.67. The molecule has 4 aromatic carbocycles. The van der Waals surface area contributed by atoms with Gasteiger partial charge in [-0.15, -0.1) is 0 Å². The lowest BCUT2D eigenvalue weighted by atomic mass is 9.88. The van der Waals surface area contributed by atoms with Gasteiger partial charge in [-0.2, -0.15) is 0 Å². The quantitative estimate of drug-likeness (QED) is 0.0779. The number of aliphatic hydroxyl groups excluding tert-OH is 1. The van der Waals surface area contributed by atoms with E-state index in [9.17, 15) is 15.0 Å². The number of carbonyl (C=O) groups excluding carboxylic acids is 1. The zero-order chi connectivity index (χ0) is 38.1. The average Bonchev–Trinajstić information content (AvgIpc) is 3.17. The van der Waals surface area contributed by atoms with E-state index in [0.29, 0.717) is 43.9 Å². The Morgan fingerprint density at radius 3 is 2.56 bits per heavy atom. The summed E-state index contributed by atoms with van der Waals surface area (Å²) < 4.78 is 18.1. The molecule has 0 spiro atoms. The van der Waals surface area contributed by atoms with Gasteiger partial charge in [-0.3, -0.25) is 4.79 Å². The summed E-state index contributed by atoms with van der Waals surface area (Å²) in [5.41, 5.74) is 5.20. The minimum atomic E-state index is -0.383. The van der Waals surface area contributed by atoms with Crippen LogP contribution in [0.1, 0.15) is 119 Å². The summed E-state index contributed by atoms with van der Waals surface area (Å²) in [6.07, 6.45) is 14.9. The summed E-state index contributed by atoms with van der Waals surface area (Å²) in [7, 11) is 1.64. The number of unbranched alkanes of at least 4 members (excludes halogenated alkanes) is 6. The summed E-state index contributed by atoms with van der Waals surface area (Å²) in [4.78, 5) is 13.4. The van der Waals surface area contributed by atoms with Gasteiger partial charge in [0, 0.05) is 30.6 Å². The number of phenolic OH excluding ortho intramolecular Hbond substituents is 1. The highest BCUT2D eigenvalue weighted by atomic mass is 16.5. The van der Waals surface area contributed by atoms with Gasteiger partial charge in [0.25, 0.3) is 0 Å². The molecule has 0 aromatic heterocycles. The number of anilines is 1. The van der Waals surface area contributed by atoms with Gasteiger partial charge >= 0.3 is 0 Å². The Balaban J connectivity index is 1.28. The van der Waals surface area contributed by atoms with Crippen molar-refractivity contribution in [1.82, 2.24) is 0 Å². The number of rotatable bonds is 16. The van der Waals surface area contributed by atoms with E-state index in [1.54, 1.807) is 20.1 Å². The summed E-state index contributed by atoms with van der Waals surface area (Å²) in [6.45, 7) is 4.87. The number of aromatic hydroxyl groups is 1. The normalized spacial score (nSPS) is 16.7. The van der Waals surface area contributed by atoms with Crippen LogP contribution >= 0.6 is 0 Å². The van der Waals surface area contributed by atoms with Crippen LogP contribution in [0.3, 0.4) is 0 Å². The molecule has 0 saturated carbocycles. The minimum Gasteiger partial charge on any atom is -0.508 e. The van der Waals surface area contributed by atoms with Crippen molar-refractivity contribution >= 4 is 22.2 Å². The maximum absolute atomic E-state index is 13.4. The molecule has 288 valence electrons. The number of aryl methyl sites for hydroxylation is 2. The van der Waals surface area contributed by atoms with Crippen LogP contribution in [-0.4, -0.2) is 41.9 Å². The first-order valence-corrected chi connectivity index (χ1v) is 20.1. The van der Waals surface area contributed by atoms with Gasteiger partial charge in [0.2, 0.25) is 0 Å². The molecule has 0 aliphatic carbocycles. The Morgan fingerprint density at radius 1 is 0.907 bits per heavy atom. The monoisotopic (exact) mass is 733 g/mol. The van der Waals surface area contributed by atoms with E-state index in [2.05, 4.69) is 54.6 Å². The number of fused-ring (bicyclic) bond motifs is 9. The van der Waals surface area contributed by atoms with Crippen LogP contribution in [0.4, 0.5) is 5.69 Å². The molecule has 54 heavy (non-hydrogen) atoms. The second-order valence-corrected chi connectivity index (χ2v) is 14.8. The molecule has 2 aliphatic rings. The first kappa shape index (κ1) is 40.5. The second kappa shape index (κ2) is 21.3. The smallest absolute Gasteiger partial charge is 0.161 e. The van der Waals surface area contributed by atoms with Gasteiger partial charge in [-0.05, 0) is 109 Å². The molecule has 7 heteroatoms. The third-order valence-electron chi connectivity index (χ3n) is 10.3. The van der Waals surface area contributed by atoms with Gasteiger partial charge in [-0.25, -0.2) is 0 Å². The van der Waals surface area contributed by atoms with Crippen molar-refractivity contribution in [3.63, 3.8) is 0 Å². The van der Waals surface area contributed by atoms with Crippen molar-refractivity contribution < 1.29 is 29.2 Å². The molecular weight excluding hydrogens is 675 g/mol. The first-order chi connectivity index (χ1) is 26.3. The van der Waals surface area contributed by atoms with E-state index in [4.69, 9.17) is 14.2 Å². The minimum absolute atomic E-state index is 0.155. The highest BCUT2D eigenvalue weighted by Crippen LogP contribution is 2.37. The van der Waals surface area contributed by atoms with Crippen molar-refractivity contribution in [1.29, 1.82) is 0 Å². The molecule has 4 aromatic rings. The van der Waals surface area contributed by atoms with E-state index in [-0.39, 0.29) is 29.7 Å². The molecule has 2 aliphatic heterocycles. The third kappa shape index (κ3) is 12.5. The predicted octanol–water partition coefficient (Wildman–Crippen LogP) is 10.4. The number of carbonyl (C=O) groups is 1. The molecule has 0 radical (unpaired) electrons. The molecule has 6 rings (SSSR count). The number of hydrogen-bond donors (Lipinski definition) is 3. The van der Waals surface area contributed by atoms with Crippen LogP contribution in [0.15, 0.2) is 72.8 Å². The van der Waals surface area contributed by atoms with E-state index in [0.717, 1.165) is 104 Å². The highest BCUT2D eigenvalue weighted by molar-refractivity contribution is 5.89. The van der Waals surface area contributed by atoms with E-state index >= 15 is 0 Å². The van der Waals surface area contributed by atoms with Crippen LogP contribution in [0.5, 0.6) is 17.2 Å². The molecule has 0 amide bonds. The fraction of sp³-hybridized carbons (Fsp3) is 0.468. The van der Waals surface area contributed by atoms with Crippen LogP contribution in [0.2, 0.25) is 0 Å². The molecule has 3 unspecified atom stereocenters. The number of ketones is 1. The number of phenols is 1. The average molecular weight is 734 g/mol. The number of aliphatic hydroxyl groups is 1. The lowest BCUT2D eigenvalue weighted by Gasteiger charge is -2.17. The second-order valence-electron chi connectivity index (χ2n) is 14.8. The molecule has 3 N–H and O–H groups in total. The maximum atomic E-state index is 13.4. The fourth-order valence-electron chi connectivity index (χ4n) is 7.25. The zero-order valence-electron chi connectivity index (χ0n) is 32.5. The van der Waals surface area contributed by atoms with E-state index < -0.39 is 0 Å². The standard InChI is InChI=1S/C47H59NO6/c1-4-5-9-15-38-26-27-53-42(17-11-8-6-7-10-13-35-14-12-16-40(29-35)48-32-34(2)49)31-41(50)22-18-36-20-25-45(52-3)46(30-36)54-33-37-19-23-43-39(28-37)21-24-44(51)47(38)43/h12,14,16,19-21,23-25,28-30,34,38,42,48-49,51H,4-11,13,15,17-18,22,31-33H2,1-3H3. The number of methoxy groups -OCH3 is 1. The maximum Gasteiger partial charge on any atom is 0.161 e. The number of Topliss-reactive ketones (excluding diaryl/α,β-unsaturated/α-hetero) is 1. The molecule has 3 atom stereocenters. The lowest BCUT2D eigenvalue weighted by molar-refractivity contribution is -0.121. The fourth-order valence-corrected chi connectivity index (χ4v) is 7.25. The predicted molar refractivity (Wildman–Crippen MR) is 218 cm³/mol. The summed E-state index contributed by atoms with van der Waals surface area (Å²) in [5.74, 6) is 4.88. The number of benzene rings is 4. The Kier molecular flexibility index (Phi) is 16.0. The Labute approximate surface area is 322 Å².